The monoisotopic (exact) mass is 330 g/mol. The average Bonchev–Trinajstić information content (AvgIpc) is 2.85. The first kappa shape index (κ1) is 17.3. The smallest absolute Gasteiger partial charge is 0.438 e. The van der Waals surface area contributed by atoms with Crippen LogP contribution in [0.5, 0.6) is 5.75 Å². The lowest BCUT2D eigenvalue weighted by molar-refractivity contribution is -0.302. The van der Waals surface area contributed by atoms with Gasteiger partial charge in [-0.05, 0) is 18.1 Å². The normalized spacial score (nSPS) is 21.5. The molecule has 1 heterocycles. The third-order valence-electron chi connectivity index (χ3n) is 3.47. The number of para-hydroxylation sites is 1. The van der Waals surface area contributed by atoms with Crippen LogP contribution >= 0.6 is 0 Å². The molecular weight excluding hydrogens is 313 g/mol. The molecule has 0 aliphatic carbocycles. The van der Waals surface area contributed by atoms with E-state index in [1.807, 2.05) is 0 Å². The molecule has 1 aromatic carbocycles. The fourth-order valence-corrected chi connectivity index (χ4v) is 2.10. The molecule has 5 nitrogen and oxygen atoms in total. The number of nitrogens with zero attached hydrogens (tertiary/aromatic N) is 2. The molecule has 23 heavy (non-hydrogen) atoms. The minimum absolute atomic E-state index is 0.0886. The number of rotatable bonds is 4. The van der Waals surface area contributed by atoms with E-state index in [-0.39, 0.29) is 16.6 Å². The van der Waals surface area contributed by atoms with Crippen molar-refractivity contribution in [3.05, 3.63) is 30.3 Å². The topological polar surface area (TPSA) is 62.1 Å². The Morgan fingerprint density at radius 3 is 2.52 bits per heavy atom. The molecule has 8 heteroatoms. The third kappa shape index (κ3) is 3.47. The summed E-state index contributed by atoms with van der Waals surface area (Å²) in [6.45, 7) is 2.63. The van der Waals surface area contributed by atoms with Gasteiger partial charge in [-0.3, -0.25) is 4.79 Å². The van der Waals surface area contributed by atoms with Crippen molar-refractivity contribution in [1.82, 2.24) is 5.01 Å². The molecule has 1 aliphatic heterocycles. The van der Waals surface area contributed by atoms with Gasteiger partial charge in [0.05, 0.1) is 0 Å². The average molecular weight is 330 g/mol. The van der Waals surface area contributed by atoms with E-state index in [0.29, 0.717) is 5.75 Å². The largest absolute Gasteiger partial charge is 0.484 e. The van der Waals surface area contributed by atoms with Gasteiger partial charge in [0.25, 0.3) is 11.6 Å². The van der Waals surface area contributed by atoms with Gasteiger partial charge in [-0.1, -0.05) is 32.0 Å². The molecule has 2 rings (SSSR count). The Balaban J connectivity index is 2.17. The summed E-state index contributed by atoms with van der Waals surface area (Å²) < 4.78 is 44.7. The SMILES string of the molecule is CC(C)C1=NN(C(=O)COc2ccccc2)[C@](O)(C(F)(F)F)C1. The summed E-state index contributed by atoms with van der Waals surface area (Å²) in [6.07, 6.45) is -5.78. The number of halogens is 3. The molecule has 0 radical (unpaired) electrons. The maximum Gasteiger partial charge on any atom is 0.438 e. The molecule has 0 unspecified atom stereocenters. The van der Waals surface area contributed by atoms with Crippen LogP contribution in [0.4, 0.5) is 13.2 Å². The highest BCUT2D eigenvalue weighted by molar-refractivity contribution is 5.92. The highest BCUT2D eigenvalue weighted by Crippen LogP contribution is 2.41. The first-order valence-corrected chi connectivity index (χ1v) is 7.02. The van der Waals surface area contributed by atoms with Crippen molar-refractivity contribution in [3.8, 4) is 5.75 Å². The second-order valence-corrected chi connectivity index (χ2v) is 5.54. The second kappa shape index (κ2) is 6.19. The minimum atomic E-state index is -5.02. The van der Waals surface area contributed by atoms with Gasteiger partial charge in [0.15, 0.2) is 6.61 Å². The second-order valence-electron chi connectivity index (χ2n) is 5.54. The van der Waals surface area contributed by atoms with Gasteiger partial charge in [-0.15, -0.1) is 0 Å². The standard InChI is InChI=1S/C15H17F3N2O3/c1-10(2)12-8-14(22,15(16,17)18)20(19-12)13(21)9-23-11-6-4-3-5-7-11/h3-7,10,22H,8-9H2,1-2H3/t14-/m1/s1. The van der Waals surface area contributed by atoms with E-state index < -0.39 is 30.8 Å². The number of ether oxygens (including phenoxy) is 1. The molecule has 0 saturated carbocycles. The molecule has 1 amide bonds. The van der Waals surface area contributed by atoms with Crippen molar-refractivity contribution in [2.24, 2.45) is 11.0 Å². The Bertz CT molecular complexity index is 602. The molecule has 1 aliphatic rings. The van der Waals surface area contributed by atoms with Crippen LogP contribution in [0.1, 0.15) is 20.3 Å². The maximum atomic E-state index is 13.2. The lowest BCUT2D eigenvalue weighted by Gasteiger charge is -2.32. The Morgan fingerprint density at radius 1 is 1.39 bits per heavy atom. The van der Waals surface area contributed by atoms with Gasteiger partial charge < -0.3 is 9.84 Å². The fourth-order valence-electron chi connectivity index (χ4n) is 2.10. The van der Waals surface area contributed by atoms with Gasteiger partial charge in [0, 0.05) is 12.1 Å². The van der Waals surface area contributed by atoms with Crippen LogP contribution in [0.3, 0.4) is 0 Å². The predicted molar refractivity (Wildman–Crippen MR) is 76.7 cm³/mol. The molecule has 1 aromatic rings. The Kier molecular flexibility index (Phi) is 4.65. The fraction of sp³-hybridized carbons (Fsp3) is 0.467. The number of amides is 1. The first-order chi connectivity index (χ1) is 10.6. The van der Waals surface area contributed by atoms with Crippen molar-refractivity contribution >= 4 is 11.6 Å². The lowest BCUT2D eigenvalue weighted by atomic mass is 9.99. The van der Waals surface area contributed by atoms with Gasteiger partial charge >= 0.3 is 6.18 Å². The number of hydrogen-bond donors (Lipinski definition) is 1. The maximum absolute atomic E-state index is 13.2. The van der Waals surface area contributed by atoms with Crippen LogP contribution in [0.2, 0.25) is 0 Å². The molecule has 0 aromatic heterocycles. The number of hydrogen-bond acceptors (Lipinski definition) is 4. The molecule has 0 fully saturated rings. The van der Waals surface area contributed by atoms with E-state index in [1.165, 1.54) is 0 Å². The first-order valence-electron chi connectivity index (χ1n) is 7.02. The van der Waals surface area contributed by atoms with Crippen LogP contribution < -0.4 is 4.74 Å². The summed E-state index contributed by atoms with van der Waals surface area (Å²) in [5, 5.41) is 13.7. The van der Waals surface area contributed by atoms with E-state index >= 15 is 0 Å². The molecule has 0 bridgehead atoms. The van der Waals surface area contributed by atoms with Crippen molar-refractivity contribution in [2.75, 3.05) is 6.61 Å². The summed E-state index contributed by atoms with van der Waals surface area (Å²) >= 11 is 0. The number of aliphatic hydroxyl groups is 1. The molecule has 126 valence electrons. The van der Waals surface area contributed by atoms with Crippen molar-refractivity contribution in [1.29, 1.82) is 0 Å². The molecule has 1 atom stereocenters. The van der Waals surface area contributed by atoms with E-state index in [9.17, 15) is 23.1 Å². The predicted octanol–water partition coefficient (Wildman–Crippen LogP) is 2.56. The number of carbonyl (C=O) groups is 1. The quantitative estimate of drug-likeness (QED) is 0.923. The number of carbonyl (C=O) groups excluding carboxylic acids is 1. The summed E-state index contributed by atoms with van der Waals surface area (Å²) in [7, 11) is 0. The molecule has 0 spiro atoms. The van der Waals surface area contributed by atoms with Crippen molar-refractivity contribution in [3.63, 3.8) is 0 Å². The third-order valence-corrected chi connectivity index (χ3v) is 3.47. The summed E-state index contributed by atoms with van der Waals surface area (Å²) in [6, 6.07) is 8.19. The number of alkyl halides is 3. The van der Waals surface area contributed by atoms with Crippen molar-refractivity contribution in [2.45, 2.75) is 32.2 Å². The van der Waals surface area contributed by atoms with Gasteiger partial charge in [-0.25, -0.2) is 0 Å². The zero-order chi connectivity index (χ0) is 17.3. The summed E-state index contributed by atoms with van der Waals surface area (Å²) in [5.41, 5.74) is -3.22. The Morgan fingerprint density at radius 2 is 2.00 bits per heavy atom. The van der Waals surface area contributed by atoms with Crippen LogP contribution in [0.15, 0.2) is 35.4 Å². The van der Waals surface area contributed by atoms with Gasteiger partial charge in [0.2, 0.25) is 0 Å². The molecule has 0 saturated heterocycles. The molecule has 1 N–H and O–H groups in total. The summed E-state index contributed by atoms with van der Waals surface area (Å²) in [4.78, 5) is 12.1. The highest BCUT2D eigenvalue weighted by atomic mass is 19.4. The van der Waals surface area contributed by atoms with E-state index in [1.54, 1.807) is 44.2 Å². The van der Waals surface area contributed by atoms with E-state index in [0.717, 1.165) is 0 Å². The number of hydrazone groups is 1. The van der Waals surface area contributed by atoms with Crippen LogP contribution in [0.25, 0.3) is 0 Å². The Labute approximate surface area is 131 Å². The zero-order valence-corrected chi connectivity index (χ0v) is 12.7. The summed E-state index contributed by atoms with van der Waals surface area (Å²) in [5.74, 6) is -1.05. The van der Waals surface area contributed by atoms with Crippen LogP contribution in [-0.4, -0.2) is 40.2 Å². The van der Waals surface area contributed by atoms with Gasteiger partial charge in [0.1, 0.15) is 5.75 Å². The lowest BCUT2D eigenvalue weighted by Crippen LogP contribution is -2.57. The highest BCUT2D eigenvalue weighted by Gasteiger charge is 2.63. The van der Waals surface area contributed by atoms with E-state index in [4.69, 9.17) is 4.74 Å². The Hall–Kier alpha value is -2.09. The van der Waals surface area contributed by atoms with Gasteiger partial charge in [-0.2, -0.15) is 23.3 Å². The van der Waals surface area contributed by atoms with Crippen LogP contribution in [-0.2, 0) is 4.79 Å². The zero-order valence-electron chi connectivity index (χ0n) is 12.7. The molecular formula is C15H17F3N2O3. The van der Waals surface area contributed by atoms with Crippen LogP contribution in [0, 0.1) is 5.92 Å². The van der Waals surface area contributed by atoms with E-state index in [2.05, 4.69) is 5.10 Å². The number of benzene rings is 1. The minimum Gasteiger partial charge on any atom is -0.484 e. The van der Waals surface area contributed by atoms with Crippen molar-refractivity contribution < 1.29 is 27.8 Å².